The van der Waals surface area contributed by atoms with Crippen molar-refractivity contribution in [3.63, 3.8) is 0 Å². The molecule has 0 bridgehead atoms. The molecule has 1 aromatic rings. The number of nitro groups is 1. The van der Waals surface area contributed by atoms with E-state index in [2.05, 4.69) is 21.9 Å². The number of benzene rings is 1. The molecule has 0 heterocycles. The third kappa shape index (κ3) is 3.40. The first-order chi connectivity index (χ1) is 8.56. The Balaban J connectivity index is 2.94. The molecule has 0 radical (unpaired) electrons. The summed E-state index contributed by atoms with van der Waals surface area (Å²) >= 11 is 0. The monoisotopic (exact) mass is 245 g/mol. The Bertz CT molecular complexity index is 579. The lowest BCUT2D eigenvalue weighted by molar-refractivity contribution is -0.385. The number of hydrogen-bond acceptors (Lipinski definition) is 4. The highest BCUT2D eigenvalue weighted by Crippen LogP contribution is 2.24. The molecule has 0 unspecified atom stereocenters. The maximum absolute atomic E-state index is 10.7. The van der Waals surface area contributed by atoms with E-state index in [0.717, 1.165) is 0 Å². The van der Waals surface area contributed by atoms with E-state index in [9.17, 15) is 10.1 Å². The summed E-state index contributed by atoms with van der Waals surface area (Å²) in [6.07, 6.45) is 0.416. The van der Waals surface area contributed by atoms with E-state index in [4.69, 9.17) is 11.3 Å². The molecule has 0 saturated carbocycles. The van der Waals surface area contributed by atoms with Crippen molar-refractivity contribution >= 4 is 11.4 Å². The zero-order valence-corrected chi connectivity index (χ0v) is 9.75. The maximum Gasteiger partial charge on any atom is 0.274 e. The van der Waals surface area contributed by atoms with Crippen LogP contribution < -0.4 is 5.73 Å². The average molecular weight is 245 g/mol. The zero-order chi connectivity index (χ0) is 13.5. The van der Waals surface area contributed by atoms with E-state index in [1.165, 1.54) is 6.07 Å². The Morgan fingerprint density at radius 3 is 2.94 bits per heavy atom. The number of nitrogen functional groups attached to an aromatic ring is 1. The lowest BCUT2D eigenvalue weighted by Gasteiger charge is -2.01. The summed E-state index contributed by atoms with van der Waals surface area (Å²) in [6, 6.07) is 2.88. The van der Waals surface area contributed by atoms with Crippen LogP contribution in [0.25, 0.3) is 10.4 Å². The first-order valence-electron chi connectivity index (χ1n) is 5.10. The predicted molar refractivity (Wildman–Crippen MR) is 67.8 cm³/mol. The summed E-state index contributed by atoms with van der Waals surface area (Å²) in [5, 5.41) is 14.0. The fraction of sp³-hybridized carbons (Fsp3) is 0.273. The molecule has 0 aliphatic rings. The van der Waals surface area contributed by atoms with Gasteiger partial charge in [-0.25, -0.2) is 0 Å². The van der Waals surface area contributed by atoms with Crippen LogP contribution in [0.5, 0.6) is 0 Å². The van der Waals surface area contributed by atoms with Gasteiger partial charge in [0.15, 0.2) is 0 Å². The molecule has 0 amide bonds. The fourth-order valence-electron chi connectivity index (χ4n) is 1.33. The van der Waals surface area contributed by atoms with Crippen LogP contribution in [-0.4, -0.2) is 11.5 Å². The molecule has 1 aromatic carbocycles. The van der Waals surface area contributed by atoms with Crippen LogP contribution in [0.15, 0.2) is 17.2 Å². The van der Waals surface area contributed by atoms with E-state index in [1.807, 2.05) is 0 Å². The van der Waals surface area contributed by atoms with Crippen LogP contribution in [0.3, 0.4) is 0 Å². The second kappa shape index (κ2) is 6.13. The van der Waals surface area contributed by atoms with E-state index < -0.39 is 4.92 Å². The normalized spacial score (nSPS) is 8.94. The van der Waals surface area contributed by atoms with Crippen molar-refractivity contribution < 1.29 is 4.92 Å². The number of rotatable bonds is 3. The largest absolute Gasteiger partial charge is 0.398 e. The van der Waals surface area contributed by atoms with E-state index >= 15 is 0 Å². The topological polar surface area (TPSA) is 118 Å². The summed E-state index contributed by atoms with van der Waals surface area (Å²) < 4.78 is 0. The Morgan fingerprint density at radius 1 is 1.61 bits per heavy atom. The Kier molecular flexibility index (Phi) is 4.55. The van der Waals surface area contributed by atoms with Gasteiger partial charge in [0, 0.05) is 35.1 Å². The number of anilines is 1. The molecule has 7 heteroatoms. The highest BCUT2D eigenvalue weighted by atomic mass is 16.6. The van der Waals surface area contributed by atoms with Gasteiger partial charge in [-0.15, -0.1) is 0 Å². The molecule has 0 aromatic heterocycles. The van der Waals surface area contributed by atoms with Gasteiger partial charge in [0.25, 0.3) is 5.69 Å². The molecule has 0 saturated heterocycles. The molecule has 18 heavy (non-hydrogen) atoms. The van der Waals surface area contributed by atoms with Gasteiger partial charge in [0.2, 0.25) is 0 Å². The highest BCUT2D eigenvalue weighted by molar-refractivity contribution is 5.63. The minimum absolute atomic E-state index is 0.0212. The number of nitrogens with two attached hydrogens (primary N) is 1. The SMILES string of the molecule is Cc1cc(C#CCCN=[N+]=[N-])c(N)cc1[N+](=O)[O-]. The number of nitrogens with zero attached hydrogens (tertiary/aromatic N) is 4. The molecule has 0 aliphatic carbocycles. The van der Waals surface area contributed by atoms with Gasteiger partial charge in [-0.05, 0) is 18.5 Å². The maximum atomic E-state index is 10.7. The van der Waals surface area contributed by atoms with E-state index in [0.29, 0.717) is 17.5 Å². The summed E-state index contributed by atoms with van der Waals surface area (Å²) in [5.41, 5.74) is 15.0. The van der Waals surface area contributed by atoms with E-state index in [1.54, 1.807) is 13.0 Å². The van der Waals surface area contributed by atoms with Gasteiger partial charge >= 0.3 is 0 Å². The third-order valence-corrected chi connectivity index (χ3v) is 2.19. The second-order valence-corrected chi connectivity index (χ2v) is 3.49. The summed E-state index contributed by atoms with van der Waals surface area (Å²) in [5.74, 6) is 5.59. The van der Waals surface area contributed by atoms with Crippen molar-refractivity contribution in [2.45, 2.75) is 13.3 Å². The molecule has 0 fully saturated rings. The first kappa shape index (κ1) is 13.4. The molecule has 0 spiro atoms. The number of nitro benzene ring substituents is 1. The van der Waals surface area contributed by atoms with Crippen LogP contribution >= 0.6 is 0 Å². The summed E-state index contributed by atoms with van der Waals surface area (Å²) in [6.45, 7) is 1.91. The molecule has 2 N–H and O–H groups in total. The second-order valence-electron chi connectivity index (χ2n) is 3.49. The van der Waals surface area contributed by atoms with E-state index in [-0.39, 0.29) is 17.9 Å². The lowest BCUT2D eigenvalue weighted by atomic mass is 10.1. The van der Waals surface area contributed by atoms with Crippen molar-refractivity contribution in [3.05, 3.63) is 43.8 Å². The van der Waals surface area contributed by atoms with Crippen LogP contribution in [0.4, 0.5) is 11.4 Å². The quantitative estimate of drug-likeness (QED) is 0.129. The van der Waals surface area contributed by atoms with Crippen molar-refractivity contribution in [1.82, 2.24) is 0 Å². The summed E-state index contributed by atoms with van der Waals surface area (Å²) in [7, 11) is 0. The summed E-state index contributed by atoms with van der Waals surface area (Å²) in [4.78, 5) is 12.8. The standard InChI is InChI=1S/C11H11N5O2/c1-8-6-9(4-2-3-5-14-15-13)10(12)7-11(8)16(17)18/h6-7H,3,5,12H2,1H3. The molecule has 92 valence electrons. The smallest absolute Gasteiger partial charge is 0.274 e. The van der Waals surface area contributed by atoms with Crippen LogP contribution in [-0.2, 0) is 0 Å². The van der Waals surface area contributed by atoms with Crippen molar-refractivity contribution in [2.75, 3.05) is 12.3 Å². The minimum atomic E-state index is -0.482. The Labute approximate surface area is 103 Å². The van der Waals surface area contributed by atoms with Crippen LogP contribution in [0, 0.1) is 28.9 Å². The Hall–Kier alpha value is -2.71. The highest BCUT2D eigenvalue weighted by Gasteiger charge is 2.12. The lowest BCUT2D eigenvalue weighted by Crippen LogP contribution is -1.97. The number of hydrogen-bond donors (Lipinski definition) is 1. The first-order valence-corrected chi connectivity index (χ1v) is 5.10. The molecule has 0 atom stereocenters. The van der Waals surface area contributed by atoms with Gasteiger partial charge in [-0.2, -0.15) is 0 Å². The molecule has 1 rings (SSSR count). The zero-order valence-electron chi connectivity index (χ0n) is 9.75. The minimum Gasteiger partial charge on any atom is -0.398 e. The van der Waals surface area contributed by atoms with Gasteiger partial charge in [-0.1, -0.05) is 17.0 Å². The van der Waals surface area contributed by atoms with Crippen molar-refractivity contribution in [3.8, 4) is 11.8 Å². The molecular weight excluding hydrogens is 234 g/mol. The molecular formula is C11H11N5O2. The predicted octanol–water partition coefficient (Wildman–Crippen LogP) is 2.54. The average Bonchev–Trinajstić information content (AvgIpc) is 2.32. The van der Waals surface area contributed by atoms with Crippen molar-refractivity contribution in [2.24, 2.45) is 5.11 Å². The van der Waals surface area contributed by atoms with Crippen LogP contribution in [0.2, 0.25) is 0 Å². The number of azide groups is 1. The molecule has 0 aliphatic heterocycles. The van der Waals surface area contributed by atoms with Crippen LogP contribution in [0.1, 0.15) is 17.5 Å². The molecule has 7 nitrogen and oxygen atoms in total. The van der Waals surface area contributed by atoms with Crippen molar-refractivity contribution in [1.29, 1.82) is 0 Å². The van der Waals surface area contributed by atoms with Gasteiger partial charge < -0.3 is 5.73 Å². The fourth-order valence-corrected chi connectivity index (χ4v) is 1.33. The third-order valence-electron chi connectivity index (χ3n) is 2.19. The Morgan fingerprint density at radius 2 is 2.33 bits per heavy atom. The van der Waals surface area contributed by atoms with Gasteiger partial charge in [0.05, 0.1) is 10.6 Å². The number of aryl methyl sites for hydroxylation is 1. The van der Waals surface area contributed by atoms with Gasteiger partial charge in [-0.3, -0.25) is 10.1 Å². The van der Waals surface area contributed by atoms with Gasteiger partial charge in [0.1, 0.15) is 0 Å².